The molecule has 0 N–H and O–H groups in total. The van der Waals surface area contributed by atoms with Gasteiger partial charge in [0.1, 0.15) is 0 Å². The predicted octanol–water partition coefficient (Wildman–Crippen LogP) is 3.65. The molecular formula is C12H28O2. The van der Waals surface area contributed by atoms with Crippen molar-refractivity contribution in [2.45, 2.75) is 53.4 Å². The molecule has 0 aromatic rings. The first-order valence-corrected chi connectivity index (χ1v) is 5.98. The SMILES string of the molecule is C1CCC1.CCOCC.CCOCC. The zero-order valence-electron chi connectivity index (χ0n) is 10.5. The summed E-state index contributed by atoms with van der Waals surface area (Å²) >= 11 is 0. The minimum absolute atomic E-state index is 0.844. The van der Waals surface area contributed by atoms with Crippen molar-refractivity contribution in [3.8, 4) is 0 Å². The van der Waals surface area contributed by atoms with Gasteiger partial charge < -0.3 is 9.47 Å². The van der Waals surface area contributed by atoms with Crippen LogP contribution in [0.1, 0.15) is 53.4 Å². The Morgan fingerprint density at radius 2 is 0.786 bits per heavy atom. The highest BCUT2D eigenvalue weighted by Crippen LogP contribution is 2.15. The average Bonchev–Trinajstić information content (AvgIpc) is 2.05. The summed E-state index contributed by atoms with van der Waals surface area (Å²) in [4.78, 5) is 0. The molecule has 0 amide bonds. The van der Waals surface area contributed by atoms with Gasteiger partial charge in [-0.05, 0) is 27.7 Å². The Kier molecular flexibility index (Phi) is 21.8. The smallest absolute Gasteiger partial charge is 0.0437 e. The van der Waals surface area contributed by atoms with Crippen LogP contribution in [0.2, 0.25) is 0 Å². The molecule has 0 heterocycles. The molecule has 1 saturated carbocycles. The van der Waals surface area contributed by atoms with Crippen LogP contribution in [0.15, 0.2) is 0 Å². The number of hydrogen-bond acceptors (Lipinski definition) is 2. The van der Waals surface area contributed by atoms with Crippen molar-refractivity contribution in [2.24, 2.45) is 0 Å². The molecule has 0 aliphatic heterocycles. The molecule has 0 aromatic carbocycles. The largest absolute Gasteiger partial charge is 0.382 e. The fourth-order valence-electron chi connectivity index (χ4n) is 0.658. The quantitative estimate of drug-likeness (QED) is 0.696. The lowest BCUT2D eigenvalue weighted by atomic mass is 10.0. The third-order valence-electron chi connectivity index (χ3n) is 1.82. The fraction of sp³-hybridized carbons (Fsp3) is 1.00. The van der Waals surface area contributed by atoms with E-state index in [9.17, 15) is 0 Å². The van der Waals surface area contributed by atoms with Crippen molar-refractivity contribution in [1.29, 1.82) is 0 Å². The second-order valence-electron chi connectivity index (χ2n) is 2.98. The highest BCUT2D eigenvalue weighted by atomic mass is 16.5. The third kappa shape index (κ3) is 22.7. The van der Waals surface area contributed by atoms with E-state index in [1.54, 1.807) is 0 Å². The van der Waals surface area contributed by atoms with Crippen LogP contribution in [0.4, 0.5) is 0 Å². The van der Waals surface area contributed by atoms with E-state index in [1.807, 2.05) is 27.7 Å². The van der Waals surface area contributed by atoms with Gasteiger partial charge in [0.15, 0.2) is 0 Å². The van der Waals surface area contributed by atoms with Gasteiger partial charge in [0, 0.05) is 26.4 Å². The van der Waals surface area contributed by atoms with E-state index in [4.69, 9.17) is 9.47 Å². The van der Waals surface area contributed by atoms with Crippen molar-refractivity contribution in [3.05, 3.63) is 0 Å². The molecule has 2 heteroatoms. The highest BCUT2D eigenvalue weighted by molar-refractivity contribution is 4.50. The van der Waals surface area contributed by atoms with Crippen molar-refractivity contribution in [1.82, 2.24) is 0 Å². The van der Waals surface area contributed by atoms with Gasteiger partial charge in [-0.2, -0.15) is 0 Å². The first-order chi connectivity index (χ1) is 6.83. The van der Waals surface area contributed by atoms with Crippen molar-refractivity contribution < 1.29 is 9.47 Å². The standard InChI is InChI=1S/2C4H10O.C4H8/c2*1-3-5-4-2;1-2-4-3-1/h2*3-4H2,1-2H3;1-4H2. The van der Waals surface area contributed by atoms with Gasteiger partial charge in [0.25, 0.3) is 0 Å². The Balaban J connectivity index is 0. The zero-order chi connectivity index (χ0) is 11.1. The van der Waals surface area contributed by atoms with Gasteiger partial charge in [-0.15, -0.1) is 0 Å². The molecule has 2 nitrogen and oxygen atoms in total. The molecule has 1 aliphatic rings. The number of hydrogen-bond donors (Lipinski definition) is 0. The van der Waals surface area contributed by atoms with Crippen LogP contribution in [0.3, 0.4) is 0 Å². The lowest BCUT2D eigenvalue weighted by molar-refractivity contribution is 0.162. The normalized spacial score (nSPS) is 12.9. The number of ether oxygens (including phenoxy) is 2. The summed E-state index contributed by atoms with van der Waals surface area (Å²) in [5, 5.41) is 0. The summed E-state index contributed by atoms with van der Waals surface area (Å²) in [6.07, 6.45) is 6.00. The Morgan fingerprint density at radius 1 is 0.571 bits per heavy atom. The lowest BCUT2D eigenvalue weighted by Crippen LogP contribution is -1.85. The second-order valence-corrected chi connectivity index (χ2v) is 2.98. The van der Waals surface area contributed by atoms with E-state index in [2.05, 4.69) is 0 Å². The van der Waals surface area contributed by atoms with E-state index in [-0.39, 0.29) is 0 Å². The Hall–Kier alpha value is -0.0800. The Labute approximate surface area is 90.0 Å². The minimum atomic E-state index is 0.844. The fourth-order valence-corrected chi connectivity index (χ4v) is 0.658. The first-order valence-electron chi connectivity index (χ1n) is 5.98. The van der Waals surface area contributed by atoms with Gasteiger partial charge in [-0.25, -0.2) is 0 Å². The predicted molar refractivity (Wildman–Crippen MR) is 62.8 cm³/mol. The molecule has 0 saturated heterocycles. The summed E-state index contributed by atoms with van der Waals surface area (Å²) in [5.41, 5.74) is 0. The second kappa shape index (κ2) is 18.7. The molecule has 0 aromatic heterocycles. The van der Waals surface area contributed by atoms with E-state index < -0.39 is 0 Å². The summed E-state index contributed by atoms with van der Waals surface area (Å²) in [6, 6.07) is 0. The molecule has 88 valence electrons. The molecule has 1 fully saturated rings. The van der Waals surface area contributed by atoms with Crippen molar-refractivity contribution in [3.63, 3.8) is 0 Å². The zero-order valence-corrected chi connectivity index (χ0v) is 10.5. The monoisotopic (exact) mass is 204 g/mol. The molecular weight excluding hydrogens is 176 g/mol. The summed E-state index contributed by atoms with van der Waals surface area (Å²) in [7, 11) is 0. The van der Waals surface area contributed by atoms with Crippen LogP contribution < -0.4 is 0 Å². The molecule has 0 radical (unpaired) electrons. The summed E-state index contributed by atoms with van der Waals surface area (Å²) < 4.78 is 9.67. The van der Waals surface area contributed by atoms with Crippen LogP contribution in [-0.2, 0) is 9.47 Å². The van der Waals surface area contributed by atoms with Crippen molar-refractivity contribution >= 4 is 0 Å². The first kappa shape index (κ1) is 16.4. The molecule has 14 heavy (non-hydrogen) atoms. The lowest BCUT2D eigenvalue weighted by Gasteiger charge is -2.05. The molecule has 0 unspecified atom stereocenters. The molecule has 0 bridgehead atoms. The van der Waals surface area contributed by atoms with E-state index in [0.29, 0.717) is 0 Å². The van der Waals surface area contributed by atoms with Gasteiger partial charge in [0.2, 0.25) is 0 Å². The number of rotatable bonds is 4. The van der Waals surface area contributed by atoms with Crippen LogP contribution in [-0.4, -0.2) is 26.4 Å². The Bertz CT molecular complexity index is 56.7. The minimum Gasteiger partial charge on any atom is -0.382 e. The maximum atomic E-state index is 4.83. The molecule has 0 spiro atoms. The van der Waals surface area contributed by atoms with Gasteiger partial charge in [-0.1, -0.05) is 25.7 Å². The third-order valence-corrected chi connectivity index (χ3v) is 1.82. The van der Waals surface area contributed by atoms with E-state index in [0.717, 1.165) is 26.4 Å². The maximum absolute atomic E-state index is 4.83. The van der Waals surface area contributed by atoms with Gasteiger partial charge in [-0.3, -0.25) is 0 Å². The van der Waals surface area contributed by atoms with Crippen LogP contribution in [0, 0.1) is 0 Å². The van der Waals surface area contributed by atoms with E-state index in [1.165, 1.54) is 25.7 Å². The summed E-state index contributed by atoms with van der Waals surface area (Å²) in [5.74, 6) is 0. The summed E-state index contributed by atoms with van der Waals surface area (Å²) in [6.45, 7) is 11.3. The Morgan fingerprint density at radius 3 is 0.786 bits per heavy atom. The average molecular weight is 204 g/mol. The topological polar surface area (TPSA) is 18.5 Å². The molecule has 1 rings (SSSR count). The highest BCUT2D eigenvalue weighted by Gasteiger charge is 1.95. The van der Waals surface area contributed by atoms with Gasteiger partial charge >= 0.3 is 0 Å². The van der Waals surface area contributed by atoms with Gasteiger partial charge in [0.05, 0.1) is 0 Å². The maximum Gasteiger partial charge on any atom is 0.0437 e. The van der Waals surface area contributed by atoms with Crippen LogP contribution in [0.5, 0.6) is 0 Å². The van der Waals surface area contributed by atoms with Crippen LogP contribution >= 0.6 is 0 Å². The van der Waals surface area contributed by atoms with E-state index >= 15 is 0 Å². The molecule has 1 aliphatic carbocycles. The molecule has 0 atom stereocenters. The van der Waals surface area contributed by atoms with Crippen LogP contribution in [0.25, 0.3) is 0 Å². The van der Waals surface area contributed by atoms with Crippen molar-refractivity contribution in [2.75, 3.05) is 26.4 Å².